The van der Waals surface area contributed by atoms with Gasteiger partial charge in [0.25, 0.3) is 0 Å². The van der Waals surface area contributed by atoms with E-state index in [1.165, 1.54) is 0 Å². The van der Waals surface area contributed by atoms with Gasteiger partial charge in [0, 0.05) is 0 Å². The van der Waals surface area contributed by atoms with Crippen molar-refractivity contribution >= 4 is 18.3 Å². The first-order chi connectivity index (χ1) is 7.81. The van der Waals surface area contributed by atoms with Crippen LogP contribution in [0, 0.1) is 5.92 Å². The number of alkyl carbamates (subject to hydrolysis) is 1. The van der Waals surface area contributed by atoms with Crippen LogP contribution >= 0.6 is 0 Å². The van der Waals surface area contributed by atoms with Gasteiger partial charge in [-0.05, 0) is 20.8 Å². The van der Waals surface area contributed by atoms with Crippen molar-refractivity contribution in [2.75, 3.05) is 6.61 Å². The second-order valence-electron chi connectivity index (χ2n) is 4.94. The lowest BCUT2D eigenvalue weighted by atomic mass is 9.97. The average molecular weight is 243 g/mol. The third kappa shape index (κ3) is 4.42. The molecule has 17 heavy (non-hydrogen) atoms. The van der Waals surface area contributed by atoms with Crippen molar-refractivity contribution in [1.29, 1.82) is 0 Å². The van der Waals surface area contributed by atoms with Crippen molar-refractivity contribution in [3.63, 3.8) is 0 Å². The molecule has 6 heteroatoms. The van der Waals surface area contributed by atoms with Crippen LogP contribution in [0.25, 0.3) is 0 Å². The van der Waals surface area contributed by atoms with Gasteiger partial charge in [-0.25, -0.2) is 4.79 Å². The van der Waals surface area contributed by atoms with Gasteiger partial charge in [-0.2, -0.15) is 0 Å². The average Bonchev–Trinajstić information content (AvgIpc) is 2.14. The third-order valence-electron chi connectivity index (χ3n) is 2.22. The molecule has 0 aromatic carbocycles. The minimum Gasteiger partial charge on any atom is -0.465 e. The van der Waals surface area contributed by atoms with Gasteiger partial charge < -0.3 is 19.6 Å². The van der Waals surface area contributed by atoms with Crippen LogP contribution in [-0.4, -0.2) is 36.6 Å². The summed E-state index contributed by atoms with van der Waals surface area (Å²) in [7, 11) is 0. The number of hydrogen-bond donors (Lipinski definition) is 1. The predicted molar refractivity (Wildman–Crippen MR) is 58.3 cm³/mol. The molecular formula is C11H17NO5. The van der Waals surface area contributed by atoms with Crippen molar-refractivity contribution in [1.82, 2.24) is 5.32 Å². The molecule has 2 atom stereocenters. The maximum atomic E-state index is 11.5. The van der Waals surface area contributed by atoms with E-state index in [1.54, 1.807) is 20.8 Å². The van der Waals surface area contributed by atoms with Gasteiger partial charge in [-0.1, -0.05) is 0 Å². The predicted octanol–water partition coefficient (Wildman–Crippen LogP) is 0.642. The highest BCUT2D eigenvalue weighted by Crippen LogP contribution is 2.15. The van der Waals surface area contributed by atoms with Gasteiger partial charge in [0.1, 0.15) is 18.5 Å². The SMILES string of the molecule is CC(C)(C)OC(=O)NC1CC(=O)OCC1C=O. The van der Waals surface area contributed by atoms with Crippen molar-refractivity contribution in [3.05, 3.63) is 0 Å². The highest BCUT2D eigenvalue weighted by Gasteiger charge is 2.32. The van der Waals surface area contributed by atoms with Crippen LogP contribution in [0.4, 0.5) is 4.79 Å². The zero-order valence-electron chi connectivity index (χ0n) is 10.2. The molecule has 1 heterocycles. The van der Waals surface area contributed by atoms with E-state index < -0.39 is 29.6 Å². The molecule has 1 rings (SSSR count). The monoisotopic (exact) mass is 243 g/mol. The molecule has 0 radical (unpaired) electrons. The van der Waals surface area contributed by atoms with Crippen LogP contribution in [-0.2, 0) is 19.1 Å². The van der Waals surface area contributed by atoms with E-state index in [1.807, 2.05) is 0 Å². The molecule has 1 aliphatic rings. The fourth-order valence-electron chi connectivity index (χ4n) is 1.45. The highest BCUT2D eigenvalue weighted by atomic mass is 16.6. The van der Waals surface area contributed by atoms with E-state index in [9.17, 15) is 14.4 Å². The summed E-state index contributed by atoms with van der Waals surface area (Å²) in [5.74, 6) is -0.940. The topological polar surface area (TPSA) is 81.7 Å². The van der Waals surface area contributed by atoms with Crippen LogP contribution in [0.1, 0.15) is 27.2 Å². The van der Waals surface area contributed by atoms with E-state index >= 15 is 0 Å². The fourth-order valence-corrected chi connectivity index (χ4v) is 1.45. The summed E-state index contributed by atoms with van der Waals surface area (Å²) in [5.41, 5.74) is -0.615. The van der Waals surface area contributed by atoms with Gasteiger partial charge in [0.15, 0.2) is 0 Å². The molecule has 1 fully saturated rings. The highest BCUT2D eigenvalue weighted by molar-refractivity contribution is 5.76. The van der Waals surface area contributed by atoms with Crippen LogP contribution in [0.5, 0.6) is 0 Å². The summed E-state index contributed by atoms with van der Waals surface area (Å²) in [6, 6.07) is -0.552. The van der Waals surface area contributed by atoms with E-state index in [0.29, 0.717) is 6.29 Å². The maximum Gasteiger partial charge on any atom is 0.407 e. The van der Waals surface area contributed by atoms with E-state index in [2.05, 4.69) is 5.32 Å². The minimum absolute atomic E-state index is 0.00278. The molecule has 0 aliphatic carbocycles. The number of nitrogens with one attached hydrogen (secondary N) is 1. The molecule has 2 unspecified atom stereocenters. The Morgan fingerprint density at radius 1 is 1.53 bits per heavy atom. The van der Waals surface area contributed by atoms with Crippen molar-refractivity contribution in [2.45, 2.75) is 38.8 Å². The summed E-state index contributed by atoms with van der Waals surface area (Å²) >= 11 is 0. The van der Waals surface area contributed by atoms with E-state index in [4.69, 9.17) is 9.47 Å². The number of carbonyl (C=O) groups excluding carboxylic acids is 3. The molecule has 6 nitrogen and oxygen atoms in total. The zero-order valence-corrected chi connectivity index (χ0v) is 10.2. The number of cyclic esters (lactones) is 1. The molecule has 0 spiro atoms. The second kappa shape index (κ2) is 5.16. The summed E-state index contributed by atoms with van der Waals surface area (Å²) in [6.45, 7) is 5.21. The molecule has 0 saturated carbocycles. The largest absolute Gasteiger partial charge is 0.465 e. The maximum absolute atomic E-state index is 11.5. The Kier molecular flexibility index (Phi) is 4.09. The Labute approximate surface area is 99.6 Å². The van der Waals surface area contributed by atoms with Gasteiger partial charge in [-0.3, -0.25) is 4.79 Å². The van der Waals surface area contributed by atoms with Crippen LogP contribution in [0.3, 0.4) is 0 Å². The first-order valence-corrected chi connectivity index (χ1v) is 5.42. The summed E-state index contributed by atoms with van der Waals surface area (Å²) in [6.07, 6.45) is 0.0287. The third-order valence-corrected chi connectivity index (χ3v) is 2.22. The first-order valence-electron chi connectivity index (χ1n) is 5.42. The molecule has 1 amide bonds. The number of rotatable bonds is 2. The quantitative estimate of drug-likeness (QED) is 0.568. The molecule has 1 saturated heterocycles. The lowest BCUT2D eigenvalue weighted by molar-refractivity contribution is -0.151. The minimum atomic E-state index is -0.635. The smallest absolute Gasteiger partial charge is 0.407 e. The first kappa shape index (κ1) is 13.5. The molecule has 96 valence electrons. The number of amides is 1. The van der Waals surface area contributed by atoms with Gasteiger partial charge in [-0.15, -0.1) is 0 Å². The molecule has 0 bridgehead atoms. The number of ether oxygens (including phenoxy) is 2. The number of esters is 1. The second-order valence-corrected chi connectivity index (χ2v) is 4.94. The Hall–Kier alpha value is -1.59. The summed E-state index contributed by atoms with van der Waals surface area (Å²) < 4.78 is 9.78. The Morgan fingerprint density at radius 3 is 2.71 bits per heavy atom. The van der Waals surface area contributed by atoms with Crippen molar-refractivity contribution < 1.29 is 23.9 Å². The van der Waals surface area contributed by atoms with Gasteiger partial charge in [0.05, 0.1) is 18.4 Å². The molecule has 1 N–H and O–H groups in total. The molecule has 1 aliphatic heterocycles. The van der Waals surface area contributed by atoms with Crippen LogP contribution < -0.4 is 5.32 Å². The van der Waals surface area contributed by atoms with E-state index in [-0.39, 0.29) is 13.0 Å². The van der Waals surface area contributed by atoms with E-state index in [0.717, 1.165) is 0 Å². The van der Waals surface area contributed by atoms with Crippen LogP contribution in [0.2, 0.25) is 0 Å². The molecule has 0 aromatic heterocycles. The Morgan fingerprint density at radius 2 is 2.18 bits per heavy atom. The molecular weight excluding hydrogens is 226 g/mol. The van der Waals surface area contributed by atoms with Crippen LogP contribution in [0.15, 0.2) is 0 Å². The number of carbonyl (C=O) groups is 3. The van der Waals surface area contributed by atoms with Crippen molar-refractivity contribution in [2.24, 2.45) is 5.92 Å². The fraction of sp³-hybridized carbons (Fsp3) is 0.727. The number of hydrogen-bond acceptors (Lipinski definition) is 5. The van der Waals surface area contributed by atoms with Gasteiger partial charge >= 0.3 is 12.1 Å². The van der Waals surface area contributed by atoms with Gasteiger partial charge in [0.2, 0.25) is 0 Å². The Balaban J connectivity index is 2.55. The lowest BCUT2D eigenvalue weighted by Gasteiger charge is -2.29. The molecule has 0 aromatic rings. The Bertz CT molecular complexity index is 320. The normalized spacial score (nSPS) is 24.8. The van der Waals surface area contributed by atoms with Crippen molar-refractivity contribution in [3.8, 4) is 0 Å². The summed E-state index contributed by atoms with van der Waals surface area (Å²) in [5, 5.41) is 2.51. The zero-order chi connectivity index (χ0) is 13.1. The lowest BCUT2D eigenvalue weighted by Crippen LogP contribution is -2.48. The standard InChI is InChI=1S/C11H17NO5/c1-11(2,3)17-10(15)12-8-4-9(14)16-6-7(8)5-13/h5,7-8H,4,6H2,1-3H3,(H,12,15). The summed E-state index contributed by atoms with van der Waals surface area (Å²) in [4.78, 5) is 33.3. The number of aldehydes is 1.